The van der Waals surface area contributed by atoms with Crippen molar-refractivity contribution in [2.24, 2.45) is 5.92 Å². The van der Waals surface area contributed by atoms with Gasteiger partial charge in [-0.3, -0.25) is 5.57 Å². The Labute approximate surface area is 169 Å². The maximum atomic E-state index is 5.82. The summed E-state index contributed by atoms with van der Waals surface area (Å²) in [5.41, 5.74) is 2.22. The van der Waals surface area contributed by atoms with Crippen molar-refractivity contribution in [1.82, 2.24) is 0 Å². The molecule has 1 aromatic carbocycles. The van der Waals surface area contributed by atoms with Crippen molar-refractivity contribution in [3.05, 3.63) is 114 Å². The van der Waals surface area contributed by atoms with Crippen molar-refractivity contribution in [1.29, 1.82) is 0 Å². The molecule has 1 saturated heterocycles. The third-order valence-corrected chi connectivity index (χ3v) is 3.57. The minimum absolute atomic E-state index is 0. The molecule has 0 amide bonds. The summed E-state index contributed by atoms with van der Waals surface area (Å²) in [6.45, 7) is 11.6. The minimum atomic E-state index is 0. The van der Waals surface area contributed by atoms with Crippen molar-refractivity contribution in [2.75, 3.05) is 18.0 Å². The predicted octanol–water partition coefficient (Wildman–Crippen LogP) is 4.36. The zero-order valence-electron chi connectivity index (χ0n) is 13.9. The van der Waals surface area contributed by atoms with Gasteiger partial charge in [-0.25, -0.2) is 0 Å². The van der Waals surface area contributed by atoms with Crippen LogP contribution in [0.3, 0.4) is 0 Å². The van der Waals surface area contributed by atoms with Crippen LogP contribution in [0, 0.1) is 83.6 Å². The van der Waals surface area contributed by atoms with E-state index in [1.54, 1.807) is 0 Å². The third kappa shape index (κ3) is 8.15. The van der Waals surface area contributed by atoms with E-state index < -0.39 is 0 Å². The molecule has 0 spiro atoms. The molecule has 3 aliphatic rings. The Morgan fingerprint density at radius 3 is 1.54 bits per heavy atom. The summed E-state index contributed by atoms with van der Waals surface area (Å²) in [6.07, 6.45) is 20.0. The van der Waals surface area contributed by atoms with E-state index in [2.05, 4.69) is 24.0 Å². The second kappa shape index (κ2) is 12.9. The summed E-state index contributed by atoms with van der Waals surface area (Å²) in [6, 6.07) is 10.3. The largest absolute Gasteiger partial charge is 4.00 e. The van der Waals surface area contributed by atoms with Crippen molar-refractivity contribution in [3.8, 4) is 0 Å². The fourth-order valence-corrected chi connectivity index (χ4v) is 2.27. The van der Waals surface area contributed by atoms with E-state index in [1.807, 2.05) is 82.4 Å². The fraction of sp³-hybridized carbons (Fsp3) is 0.136. The number of hydrogen-bond acceptors (Lipinski definition) is 1. The average Bonchev–Trinajstić information content (AvgIpc) is 3.35. The Balaban J connectivity index is 0.000000216. The van der Waals surface area contributed by atoms with Gasteiger partial charge in [0.25, 0.3) is 0 Å². The van der Waals surface area contributed by atoms with E-state index in [9.17, 15) is 0 Å². The van der Waals surface area contributed by atoms with Crippen LogP contribution in [0.5, 0.6) is 0 Å². The maximum absolute atomic E-state index is 5.82. The zero-order chi connectivity index (χ0) is 16.3. The number of hydrogen-bond donors (Lipinski definition) is 0. The SMILES string of the molecule is [CH-]=C1CN(c2ccccc2)CC1[CH2-].[CH]1[CH][CH][CH][CH]1.[CH]1[CH][CH][CH][CH]1.[Zr+4]. The molecule has 1 nitrogen and oxygen atoms in total. The van der Waals surface area contributed by atoms with E-state index in [1.165, 1.54) is 5.69 Å². The molecule has 24 heavy (non-hydrogen) atoms. The first-order valence-corrected chi connectivity index (χ1v) is 7.85. The Morgan fingerprint density at radius 2 is 1.21 bits per heavy atom. The summed E-state index contributed by atoms with van der Waals surface area (Å²) in [7, 11) is 0. The van der Waals surface area contributed by atoms with Crippen LogP contribution in [-0.2, 0) is 26.2 Å². The van der Waals surface area contributed by atoms with Crippen LogP contribution in [-0.4, -0.2) is 13.1 Å². The topological polar surface area (TPSA) is 3.24 Å². The molecule has 0 bridgehead atoms. The van der Waals surface area contributed by atoms with E-state index in [0.717, 1.165) is 18.7 Å². The summed E-state index contributed by atoms with van der Waals surface area (Å²) < 4.78 is 0. The summed E-state index contributed by atoms with van der Waals surface area (Å²) in [4.78, 5) is 2.26. The molecule has 1 unspecified atom stereocenters. The van der Waals surface area contributed by atoms with Gasteiger partial charge in [0.1, 0.15) is 0 Å². The molecule has 4 rings (SSSR count). The van der Waals surface area contributed by atoms with Crippen LogP contribution < -0.4 is 4.90 Å². The van der Waals surface area contributed by atoms with Gasteiger partial charge in [-0.2, -0.15) is 5.92 Å². The van der Waals surface area contributed by atoms with Crippen molar-refractivity contribution in [3.63, 3.8) is 0 Å². The molecule has 2 saturated carbocycles. The number of anilines is 1. The van der Waals surface area contributed by atoms with Gasteiger partial charge < -0.3 is 18.4 Å². The maximum Gasteiger partial charge on any atom is 4.00 e. The minimum Gasteiger partial charge on any atom is -0.515 e. The Bertz CT molecular complexity index is 409. The van der Waals surface area contributed by atoms with Crippen molar-refractivity contribution >= 4 is 5.69 Å². The first kappa shape index (κ1) is 21.7. The first-order chi connectivity index (χ1) is 11.3. The molecule has 1 heterocycles. The smallest absolute Gasteiger partial charge is 0.515 e. The van der Waals surface area contributed by atoms with E-state index in [4.69, 9.17) is 6.58 Å². The van der Waals surface area contributed by atoms with Gasteiger partial charge in [0, 0.05) is 12.2 Å². The quantitative estimate of drug-likeness (QED) is 0.642. The van der Waals surface area contributed by atoms with Crippen LogP contribution in [0.25, 0.3) is 0 Å². The molecule has 3 fully saturated rings. The van der Waals surface area contributed by atoms with Gasteiger partial charge in [-0.05, 0) is 82.9 Å². The van der Waals surface area contributed by atoms with Gasteiger partial charge in [-0.1, -0.05) is 18.2 Å². The van der Waals surface area contributed by atoms with Crippen LogP contribution >= 0.6 is 0 Å². The van der Waals surface area contributed by atoms with E-state index >= 15 is 0 Å². The van der Waals surface area contributed by atoms with Crippen molar-refractivity contribution < 1.29 is 26.2 Å². The molecule has 2 aliphatic carbocycles. The van der Waals surface area contributed by atoms with Crippen LogP contribution in [0.15, 0.2) is 35.9 Å². The molecular formula is C22H23NZr+2. The summed E-state index contributed by atoms with van der Waals surface area (Å²) >= 11 is 0. The van der Waals surface area contributed by atoms with Crippen molar-refractivity contribution in [2.45, 2.75) is 0 Å². The Morgan fingerprint density at radius 1 is 0.792 bits per heavy atom. The third-order valence-electron chi connectivity index (χ3n) is 3.57. The molecule has 0 N–H and O–H groups in total. The Kier molecular flexibility index (Phi) is 11.7. The standard InChI is InChI=1S/C12H13N.2C5H5.Zr/c1-10-8-13(9-11(10)2)12-6-4-3-5-7-12;2*1-2-4-5-3-1;/h1,3-7,11H,2,8-9H2;2*1-5H;/q-2;;;+4. The average molecular weight is 393 g/mol. The molecular weight excluding hydrogens is 369 g/mol. The fourth-order valence-electron chi connectivity index (χ4n) is 2.27. The van der Waals surface area contributed by atoms with Gasteiger partial charge in [0.2, 0.25) is 0 Å². The normalized spacial score (nSPS) is 22.1. The summed E-state index contributed by atoms with van der Waals surface area (Å²) in [5.74, 6) is 0.278. The number of para-hydroxylation sites is 1. The van der Waals surface area contributed by atoms with Gasteiger partial charge >= 0.3 is 26.2 Å². The van der Waals surface area contributed by atoms with Crippen LogP contribution in [0.1, 0.15) is 0 Å². The van der Waals surface area contributed by atoms with Gasteiger partial charge in [-0.15, -0.1) is 0 Å². The Hall–Kier alpha value is -0.357. The molecule has 1 atom stereocenters. The van der Waals surface area contributed by atoms with E-state index in [0.29, 0.717) is 0 Å². The molecule has 10 radical (unpaired) electrons. The predicted molar refractivity (Wildman–Crippen MR) is 98.3 cm³/mol. The summed E-state index contributed by atoms with van der Waals surface area (Å²) in [5, 5.41) is 0. The zero-order valence-corrected chi connectivity index (χ0v) is 16.3. The molecule has 1 aromatic rings. The first-order valence-electron chi connectivity index (χ1n) is 7.85. The molecule has 118 valence electrons. The van der Waals surface area contributed by atoms with Gasteiger partial charge in [0.15, 0.2) is 0 Å². The monoisotopic (exact) mass is 391 g/mol. The molecule has 0 aromatic heterocycles. The number of nitrogens with zero attached hydrogens (tertiary/aromatic N) is 1. The number of rotatable bonds is 1. The molecule has 2 heteroatoms. The second-order valence-electron chi connectivity index (χ2n) is 5.41. The van der Waals surface area contributed by atoms with Crippen LogP contribution in [0.4, 0.5) is 5.69 Å². The second-order valence-corrected chi connectivity index (χ2v) is 5.41. The molecule has 1 aliphatic heterocycles. The van der Waals surface area contributed by atoms with Crippen LogP contribution in [0.2, 0.25) is 0 Å². The van der Waals surface area contributed by atoms with Gasteiger partial charge in [0.05, 0.1) is 0 Å². The van der Waals surface area contributed by atoms with E-state index in [-0.39, 0.29) is 32.1 Å². The number of benzene rings is 1.